The second-order valence-electron chi connectivity index (χ2n) is 8.69. The van der Waals surface area contributed by atoms with Gasteiger partial charge in [-0.25, -0.2) is 0 Å². The summed E-state index contributed by atoms with van der Waals surface area (Å²) < 4.78 is 2.00. The SMILES string of the molecule is Cc1ccc(-n2cccc2/C=C2\SC(=O)N(CC(=O)N3CCc4ccccc4C3)C2=O)c(C)c1. The van der Waals surface area contributed by atoms with Crippen molar-refractivity contribution in [1.82, 2.24) is 14.4 Å². The van der Waals surface area contributed by atoms with Gasteiger partial charge in [0.25, 0.3) is 11.1 Å². The van der Waals surface area contributed by atoms with Crippen LogP contribution in [0, 0.1) is 13.8 Å². The maximum Gasteiger partial charge on any atom is 0.294 e. The third-order valence-corrected chi connectivity index (χ3v) is 7.23. The van der Waals surface area contributed by atoms with E-state index in [2.05, 4.69) is 12.1 Å². The molecule has 0 atom stereocenters. The van der Waals surface area contributed by atoms with Crippen molar-refractivity contribution in [3.63, 3.8) is 0 Å². The van der Waals surface area contributed by atoms with Crippen molar-refractivity contribution < 1.29 is 14.4 Å². The van der Waals surface area contributed by atoms with Gasteiger partial charge in [-0.05, 0) is 73.0 Å². The molecule has 0 bridgehead atoms. The van der Waals surface area contributed by atoms with Gasteiger partial charge in [0.05, 0.1) is 4.91 Å². The molecule has 1 aromatic heterocycles. The van der Waals surface area contributed by atoms with Gasteiger partial charge in [-0.15, -0.1) is 0 Å². The number of carbonyl (C=O) groups is 3. The predicted octanol–water partition coefficient (Wildman–Crippen LogP) is 4.72. The van der Waals surface area contributed by atoms with E-state index in [1.54, 1.807) is 11.0 Å². The first-order valence-corrected chi connectivity index (χ1v) is 12.1. The van der Waals surface area contributed by atoms with Crippen LogP contribution in [0.2, 0.25) is 0 Å². The third-order valence-electron chi connectivity index (χ3n) is 6.32. The maximum atomic E-state index is 13.1. The molecule has 3 amide bonds. The zero-order chi connectivity index (χ0) is 23.8. The topological polar surface area (TPSA) is 62.6 Å². The van der Waals surface area contributed by atoms with Gasteiger partial charge in [0, 0.05) is 30.7 Å². The second kappa shape index (κ2) is 8.99. The normalized spacial score (nSPS) is 16.9. The molecule has 172 valence electrons. The minimum absolute atomic E-state index is 0.211. The van der Waals surface area contributed by atoms with Crippen LogP contribution in [0.25, 0.3) is 11.8 Å². The predicted molar refractivity (Wildman–Crippen MR) is 133 cm³/mol. The molecule has 6 nitrogen and oxygen atoms in total. The molecular weight excluding hydrogens is 446 g/mol. The fourth-order valence-corrected chi connectivity index (χ4v) is 5.34. The summed E-state index contributed by atoms with van der Waals surface area (Å²) in [6.45, 7) is 4.95. The zero-order valence-corrected chi connectivity index (χ0v) is 20.0. The highest BCUT2D eigenvalue weighted by Gasteiger charge is 2.37. The molecule has 7 heteroatoms. The molecule has 1 fully saturated rings. The van der Waals surface area contributed by atoms with Crippen molar-refractivity contribution >= 4 is 34.9 Å². The molecule has 5 rings (SSSR count). The number of fused-ring (bicyclic) bond motifs is 1. The first-order valence-electron chi connectivity index (χ1n) is 11.3. The maximum absolute atomic E-state index is 13.1. The first kappa shape index (κ1) is 22.2. The number of hydrogen-bond acceptors (Lipinski definition) is 4. The van der Waals surface area contributed by atoms with Gasteiger partial charge in [-0.2, -0.15) is 0 Å². The lowest BCUT2D eigenvalue weighted by Crippen LogP contribution is -2.44. The van der Waals surface area contributed by atoms with Crippen LogP contribution in [0.1, 0.15) is 27.9 Å². The number of rotatable bonds is 4. The quantitative estimate of drug-likeness (QED) is 0.517. The molecule has 0 radical (unpaired) electrons. The third kappa shape index (κ3) is 4.19. The molecule has 3 heterocycles. The lowest BCUT2D eigenvalue weighted by Gasteiger charge is -2.29. The van der Waals surface area contributed by atoms with Crippen molar-refractivity contribution in [3.8, 4) is 5.69 Å². The number of hydrogen-bond donors (Lipinski definition) is 0. The van der Waals surface area contributed by atoms with E-state index < -0.39 is 11.1 Å². The Hall–Kier alpha value is -3.58. The molecule has 34 heavy (non-hydrogen) atoms. The van der Waals surface area contributed by atoms with E-state index in [9.17, 15) is 14.4 Å². The smallest absolute Gasteiger partial charge is 0.294 e. The molecule has 1 saturated heterocycles. The Labute approximate surface area is 202 Å². The van der Waals surface area contributed by atoms with Gasteiger partial charge in [-0.1, -0.05) is 42.0 Å². The molecule has 0 spiro atoms. The Morgan fingerprint density at radius 1 is 1.03 bits per heavy atom. The van der Waals surface area contributed by atoms with Gasteiger partial charge in [-0.3, -0.25) is 19.3 Å². The summed E-state index contributed by atoms with van der Waals surface area (Å²) in [5, 5.41) is -0.411. The zero-order valence-electron chi connectivity index (χ0n) is 19.2. The number of benzene rings is 2. The summed E-state index contributed by atoms with van der Waals surface area (Å²) in [6, 6.07) is 18.1. The summed E-state index contributed by atoms with van der Waals surface area (Å²) >= 11 is 0.882. The van der Waals surface area contributed by atoms with E-state index in [-0.39, 0.29) is 12.5 Å². The van der Waals surface area contributed by atoms with Crippen molar-refractivity contribution in [2.75, 3.05) is 13.1 Å². The molecule has 0 saturated carbocycles. The summed E-state index contributed by atoms with van der Waals surface area (Å²) in [4.78, 5) is 41.7. The Kier molecular flexibility index (Phi) is 5.87. The van der Waals surface area contributed by atoms with E-state index in [1.807, 2.05) is 67.1 Å². The first-order chi connectivity index (χ1) is 16.4. The summed E-state index contributed by atoms with van der Waals surface area (Å²) in [7, 11) is 0. The average Bonchev–Trinajstić information content (AvgIpc) is 3.38. The standard InChI is InChI=1S/C27H25N3O3S/c1-18-9-10-23(19(2)14-18)29-12-5-8-22(29)15-24-26(32)30(27(33)34-24)17-25(31)28-13-11-20-6-3-4-7-21(20)16-28/h3-10,12,14-15H,11,13,16-17H2,1-2H3/b24-15-. The van der Waals surface area contributed by atoms with Crippen LogP contribution < -0.4 is 0 Å². The Morgan fingerprint density at radius 3 is 2.62 bits per heavy atom. The van der Waals surface area contributed by atoms with Crippen LogP contribution in [0.3, 0.4) is 0 Å². The number of amides is 3. The van der Waals surface area contributed by atoms with Crippen LogP contribution in [-0.2, 0) is 22.6 Å². The minimum Gasteiger partial charge on any atom is -0.336 e. The molecule has 0 N–H and O–H groups in total. The van der Waals surface area contributed by atoms with E-state index in [1.165, 1.54) is 11.1 Å². The van der Waals surface area contributed by atoms with Crippen molar-refractivity contribution in [1.29, 1.82) is 0 Å². The number of thioether (sulfide) groups is 1. The van der Waals surface area contributed by atoms with Crippen molar-refractivity contribution in [2.24, 2.45) is 0 Å². The molecule has 3 aromatic rings. The number of carbonyl (C=O) groups excluding carboxylic acids is 3. The lowest BCUT2D eigenvalue weighted by atomic mass is 10.00. The average molecular weight is 472 g/mol. The highest BCUT2D eigenvalue weighted by molar-refractivity contribution is 8.18. The molecule has 2 aromatic carbocycles. The Balaban J connectivity index is 1.33. The van der Waals surface area contributed by atoms with E-state index >= 15 is 0 Å². The molecular formula is C27H25N3O3S. The molecule has 2 aliphatic rings. The van der Waals surface area contributed by atoms with Crippen molar-refractivity contribution in [2.45, 2.75) is 26.8 Å². The van der Waals surface area contributed by atoms with Crippen LogP contribution in [0.4, 0.5) is 4.79 Å². The fraction of sp³-hybridized carbons (Fsp3) is 0.222. The van der Waals surface area contributed by atoms with Gasteiger partial charge in [0.2, 0.25) is 5.91 Å². The van der Waals surface area contributed by atoms with Gasteiger partial charge >= 0.3 is 0 Å². The number of aromatic nitrogens is 1. The van der Waals surface area contributed by atoms with Gasteiger partial charge in [0.15, 0.2) is 0 Å². The number of nitrogens with zero attached hydrogens (tertiary/aromatic N) is 3. The summed E-state index contributed by atoms with van der Waals surface area (Å²) in [5.41, 5.74) is 6.47. The van der Waals surface area contributed by atoms with E-state index in [4.69, 9.17) is 0 Å². The number of imide groups is 1. The molecule has 0 unspecified atom stereocenters. The van der Waals surface area contributed by atoms with Gasteiger partial charge < -0.3 is 9.47 Å². The Bertz CT molecular complexity index is 1340. The lowest BCUT2D eigenvalue weighted by molar-refractivity contribution is -0.136. The largest absolute Gasteiger partial charge is 0.336 e. The number of aryl methyl sites for hydroxylation is 2. The highest BCUT2D eigenvalue weighted by atomic mass is 32.2. The molecule has 2 aliphatic heterocycles. The summed E-state index contributed by atoms with van der Waals surface area (Å²) in [5.74, 6) is -0.633. The van der Waals surface area contributed by atoms with Crippen molar-refractivity contribution in [3.05, 3.63) is 93.6 Å². The van der Waals surface area contributed by atoms with Gasteiger partial charge in [0.1, 0.15) is 6.54 Å². The second-order valence-corrected chi connectivity index (χ2v) is 9.69. The van der Waals surface area contributed by atoms with E-state index in [0.717, 1.165) is 45.6 Å². The molecule has 0 aliphatic carbocycles. The Morgan fingerprint density at radius 2 is 1.82 bits per heavy atom. The van der Waals surface area contributed by atoms with E-state index in [0.29, 0.717) is 18.0 Å². The summed E-state index contributed by atoms with van der Waals surface area (Å²) in [6.07, 6.45) is 4.44. The van der Waals surface area contributed by atoms with Crippen LogP contribution in [0.15, 0.2) is 65.7 Å². The van der Waals surface area contributed by atoms with Crippen LogP contribution >= 0.6 is 11.8 Å². The van der Waals surface area contributed by atoms with Crippen LogP contribution in [0.5, 0.6) is 0 Å². The van der Waals surface area contributed by atoms with Crippen LogP contribution in [-0.4, -0.2) is 44.5 Å². The monoisotopic (exact) mass is 471 g/mol. The highest BCUT2D eigenvalue weighted by Crippen LogP contribution is 2.33. The minimum atomic E-state index is -0.422. The fourth-order valence-electron chi connectivity index (χ4n) is 4.52.